The first-order valence-corrected chi connectivity index (χ1v) is 7.72. The monoisotopic (exact) mass is 376 g/mol. The minimum atomic E-state index is -0.0136. The molecule has 3 nitrogen and oxygen atoms in total. The fourth-order valence-electron chi connectivity index (χ4n) is 2.22. The second kappa shape index (κ2) is 5.99. The Kier molecular flexibility index (Phi) is 4.80. The van der Waals surface area contributed by atoms with Crippen LogP contribution >= 0.6 is 31.9 Å². The molecule has 0 saturated carbocycles. The number of halogens is 2. The Labute approximate surface area is 125 Å². The van der Waals surface area contributed by atoms with Crippen LogP contribution in [0.2, 0.25) is 0 Å². The van der Waals surface area contributed by atoms with E-state index in [0.717, 1.165) is 40.6 Å². The Morgan fingerprint density at radius 3 is 2.94 bits per heavy atom. The minimum absolute atomic E-state index is 0.0136. The van der Waals surface area contributed by atoms with E-state index in [4.69, 9.17) is 4.74 Å². The topological polar surface area (TPSA) is 34.2 Å². The lowest BCUT2D eigenvalue weighted by molar-refractivity contribution is -0.0631. The first kappa shape index (κ1) is 14.4. The van der Waals surface area contributed by atoms with E-state index >= 15 is 0 Å². The molecule has 1 aliphatic rings. The zero-order chi connectivity index (χ0) is 13.2. The van der Waals surface area contributed by atoms with Crippen LogP contribution in [0, 0.1) is 0 Å². The summed E-state index contributed by atoms with van der Waals surface area (Å²) >= 11 is 6.95. The number of hydrogen-bond acceptors (Lipinski definition) is 3. The molecule has 0 aliphatic carbocycles. The van der Waals surface area contributed by atoms with Gasteiger partial charge in [-0.1, -0.05) is 0 Å². The molecule has 2 rings (SSSR count). The van der Waals surface area contributed by atoms with Crippen molar-refractivity contribution in [2.45, 2.75) is 44.9 Å². The van der Waals surface area contributed by atoms with Crippen LogP contribution in [0.15, 0.2) is 21.2 Å². The lowest BCUT2D eigenvalue weighted by Gasteiger charge is -2.36. The molecule has 1 aromatic rings. The predicted molar refractivity (Wildman–Crippen MR) is 79.5 cm³/mol. The minimum Gasteiger partial charge on any atom is -0.375 e. The van der Waals surface area contributed by atoms with Gasteiger partial charge in [-0.15, -0.1) is 0 Å². The van der Waals surface area contributed by atoms with Crippen molar-refractivity contribution in [2.75, 3.05) is 6.61 Å². The van der Waals surface area contributed by atoms with E-state index in [9.17, 15) is 0 Å². The third kappa shape index (κ3) is 4.02. The summed E-state index contributed by atoms with van der Waals surface area (Å²) in [6.45, 7) is 5.91. The second-order valence-electron chi connectivity index (χ2n) is 5.26. The van der Waals surface area contributed by atoms with E-state index in [2.05, 4.69) is 56.0 Å². The van der Waals surface area contributed by atoms with Gasteiger partial charge in [0.25, 0.3) is 0 Å². The second-order valence-corrected chi connectivity index (χ2v) is 7.03. The zero-order valence-electron chi connectivity index (χ0n) is 10.7. The van der Waals surface area contributed by atoms with Gasteiger partial charge in [-0.05, 0) is 64.6 Å². The molecule has 0 radical (unpaired) electrons. The Balaban J connectivity index is 1.91. The predicted octanol–water partition coefficient (Wildman–Crippen LogP) is 3.65. The maximum absolute atomic E-state index is 5.72. The molecule has 1 aliphatic heterocycles. The first-order chi connectivity index (χ1) is 8.46. The summed E-state index contributed by atoms with van der Waals surface area (Å²) in [5.41, 5.74) is 1.03. The highest BCUT2D eigenvalue weighted by Crippen LogP contribution is 2.25. The maximum Gasteiger partial charge on any atom is 0.0684 e. The molecule has 0 aromatic carbocycles. The summed E-state index contributed by atoms with van der Waals surface area (Å²) in [7, 11) is 0. The highest BCUT2D eigenvalue weighted by molar-refractivity contribution is 9.11. The Hall–Kier alpha value is 0.0300. The molecule has 1 aromatic heterocycles. The van der Waals surface area contributed by atoms with Crippen LogP contribution in [0.5, 0.6) is 0 Å². The molecule has 1 saturated heterocycles. The number of nitrogens with one attached hydrogen (secondary N) is 1. The van der Waals surface area contributed by atoms with Crippen molar-refractivity contribution in [1.82, 2.24) is 10.3 Å². The van der Waals surface area contributed by atoms with Crippen molar-refractivity contribution in [3.8, 4) is 0 Å². The lowest BCUT2D eigenvalue weighted by Crippen LogP contribution is -2.43. The highest BCUT2D eigenvalue weighted by Gasteiger charge is 2.28. The highest BCUT2D eigenvalue weighted by atomic mass is 79.9. The van der Waals surface area contributed by atoms with Gasteiger partial charge < -0.3 is 10.1 Å². The first-order valence-electron chi connectivity index (χ1n) is 6.13. The van der Waals surface area contributed by atoms with E-state index in [1.807, 2.05) is 12.3 Å². The molecule has 1 unspecified atom stereocenters. The van der Waals surface area contributed by atoms with Gasteiger partial charge in [0.05, 0.1) is 11.3 Å². The standard InChI is InChI=1S/C13H18Br2N2O/c1-13(2)6-10(3-4-18-13)16-8-12-11(15)5-9(14)7-17-12/h5,7,10,16H,3-4,6,8H2,1-2H3. The number of nitrogens with zero attached hydrogens (tertiary/aromatic N) is 1. The van der Waals surface area contributed by atoms with Gasteiger partial charge in [-0.2, -0.15) is 0 Å². The molecule has 100 valence electrons. The van der Waals surface area contributed by atoms with Crippen LogP contribution in [0.3, 0.4) is 0 Å². The molecule has 1 N–H and O–H groups in total. The number of rotatable bonds is 3. The SMILES string of the molecule is CC1(C)CC(NCc2ncc(Br)cc2Br)CCO1. The fraction of sp³-hybridized carbons (Fsp3) is 0.615. The molecule has 18 heavy (non-hydrogen) atoms. The molecular formula is C13H18Br2N2O. The Bertz CT molecular complexity index is 423. The van der Waals surface area contributed by atoms with Gasteiger partial charge >= 0.3 is 0 Å². The number of pyridine rings is 1. The van der Waals surface area contributed by atoms with E-state index in [1.54, 1.807) is 0 Å². The summed E-state index contributed by atoms with van der Waals surface area (Å²) in [5, 5.41) is 3.57. The van der Waals surface area contributed by atoms with Crippen molar-refractivity contribution in [2.24, 2.45) is 0 Å². The molecular weight excluding hydrogens is 360 g/mol. The molecule has 1 fully saturated rings. The largest absolute Gasteiger partial charge is 0.375 e. The van der Waals surface area contributed by atoms with Gasteiger partial charge in [0.2, 0.25) is 0 Å². The van der Waals surface area contributed by atoms with Crippen LogP contribution in [0.4, 0.5) is 0 Å². The fourth-order valence-corrected chi connectivity index (χ4v) is 3.35. The Morgan fingerprint density at radius 2 is 2.28 bits per heavy atom. The van der Waals surface area contributed by atoms with E-state index in [-0.39, 0.29) is 5.60 Å². The molecule has 5 heteroatoms. The molecule has 1 atom stereocenters. The zero-order valence-corrected chi connectivity index (χ0v) is 13.8. The average Bonchev–Trinajstić information content (AvgIpc) is 2.26. The van der Waals surface area contributed by atoms with E-state index in [0.29, 0.717) is 6.04 Å². The van der Waals surface area contributed by atoms with Crippen molar-refractivity contribution in [3.05, 3.63) is 26.9 Å². The number of ether oxygens (including phenoxy) is 1. The van der Waals surface area contributed by atoms with E-state index in [1.165, 1.54) is 0 Å². The van der Waals surface area contributed by atoms with Crippen LogP contribution in [0.25, 0.3) is 0 Å². The van der Waals surface area contributed by atoms with Crippen LogP contribution in [-0.4, -0.2) is 23.2 Å². The third-order valence-electron chi connectivity index (χ3n) is 3.14. The van der Waals surface area contributed by atoms with E-state index < -0.39 is 0 Å². The van der Waals surface area contributed by atoms with Gasteiger partial charge in [-0.3, -0.25) is 4.98 Å². The molecule has 0 spiro atoms. The van der Waals surface area contributed by atoms with Crippen molar-refractivity contribution >= 4 is 31.9 Å². The normalized spacial score (nSPS) is 23.0. The van der Waals surface area contributed by atoms with Gasteiger partial charge in [0.15, 0.2) is 0 Å². The summed E-state index contributed by atoms with van der Waals surface area (Å²) in [4.78, 5) is 4.41. The summed E-state index contributed by atoms with van der Waals surface area (Å²) in [6.07, 6.45) is 3.94. The summed E-state index contributed by atoms with van der Waals surface area (Å²) in [6, 6.07) is 2.53. The van der Waals surface area contributed by atoms with Gasteiger partial charge in [-0.25, -0.2) is 0 Å². The van der Waals surface area contributed by atoms with Crippen LogP contribution in [0.1, 0.15) is 32.4 Å². The molecule has 0 amide bonds. The third-order valence-corrected chi connectivity index (χ3v) is 4.26. The van der Waals surface area contributed by atoms with Crippen molar-refractivity contribution < 1.29 is 4.74 Å². The quantitative estimate of drug-likeness (QED) is 0.872. The average molecular weight is 378 g/mol. The number of aromatic nitrogens is 1. The molecule has 0 bridgehead atoms. The summed E-state index contributed by atoms with van der Waals surface area (Å²) < 4.78 is 7.74. The lowest BCUT2D eigenvalue weighted by atomic mass is 9.94. The van der Waals surface area contributed by atoms with Crippen LogP contribution in [-0.2, 0) is 11.3 Å². The maximum atomic E-state index is 5.72. The Morgan fingerprint density at radius 1 is 1.50 bits per heavy atom. The van der Waals surface area contributed by atoms with Gasteiger partial charge in [0.1, 0.15) is 0 Å². The smallest absolute Gasteiger partial charge is 0.0684 e. The van der Waals surface area contributed by atoms with Crippen molar-refractivity contribution in [3.63, 3.8) is 0 Å². The van der Waals surface area contributed by atoms with Gasteiger partial charge in [0, 0.05) is 34.3 Å². The van der Waals surface area contributed by atoms with Crippen LogP contribution < -0.4 is 5.32 Å². The summed E-state index contributed by atoms with van der Waals surface area (Å²) in [5.74, 6) is 0. The number of hydrogen-bond donors (Lipinski definition) is 1. The molecule has 2 heterocycles. The van der Waals surface area contributed by atoms with Crippen molar-refractivity contribution in [1.29, 1.82) is 0 Å².